The van der Waals surface area contributed by atoms with Gasteiger partial charge in [0, 0.05) is 35.6 Å². The normalized spacial score (nSPS) is 11.5. The molecule has 6 nitrogen and oxygen atoms in total. The third-order valence-corrected chi connectivity index (χ3v) is 4.97. The minimum Gasteiger partial charge on any atom is -0.489 e. The van der Waals surface area contributed by atoms with Gasteiger partial charge in [-0.05, 0) is 44.5 Å². The Morgan fingerprint density at radius 1 is 1.17 bits per heavy atom. The van der Waals surface area contributed by atoms with Crippen molar-refractivity contribution in [3.63, 3.8) is 0 Å². The van der Waals surface area contributed by atoms with Crippen molar-refractivity contribution in [3.8, 4) is 17.1 Å². The summed E-state index contributed by atoms with van der Waals surface area (Å²) in [5.74, 6) is 0.806. The van der Waals surface area contributed by atoms with E-state index < -0.39 is 5.97 Å². The van der Waals surface area contributed by atoms with Gasteiger partial charge < -0.3 is 14.4 Å². The Balaban J connectivity index is 1.76. The van der Waals surface area contributed by atoms with E-state index in [9.17, 15) is 4.79 Å². The van der Waals surface area contributed by atoms with Crippen LogP contribution in [0.1, 0.15) is 31.0 Å². The van der Waals surface area contributed by atoms with Crippen molar-refractivity contribution in [2.45, 2.75) is 33.2 Å². The van der Waals surface area contributed by atoms with E-state index in [2.05, 4.69) is 14.5 Å². The molecule has 0 saturated heterocycles. The molecule has 0 bridgehead atoms. The molecule has 0 saturated carbocycles. The highest BCUT2D eigenvalue weighted by atomic mass is 35.5. The van der Waals surface area contributed by atoms with Crippen molar-refractivity contribution >= 4 is 17.6 Å². The number of para-hydroxylation sites is 1. The Labute approximate surface area is 180 Å². The van der Waals surface area contributed by atoms with Crippen LogP contribution in [-0.4, -0.2) is 32.2 Å². The van der Waals surface area contributed by atoms with E-state index in [0.717, 1.165) is 34.0 Å². The number of hydrogen-bond acceptors (Lipinski definition) is 4. The second-order valence-corrected chi connectivity index (χ2v) is 7.43. The highest BCUT2D eigenvalue weighted by Crippen LogP contribution is 2.25. The number of ether oxygens (including phenoxy) is 1. The smallest absolute Gasteiger partial charge is 0.303 e. The summed E-state index contributed by atoms with van der Waals surface area (Å²) in [6.45, 7) is 4.92. The first-order chi connectivity index (χ1) is 14.4. The molecule has 1 aromatic carbocycles. The van der Waals surface area contributed by atoms with Crippen molar-refractivity contribution in [2.75, 3.05) is 6.61 Å². The number of carboxylic acids is 1. The van der Waals surface area contributed by atoms with E-state index in [1.807, 2.05) is 56.5 Å². The van der Waals surface area contributed by atoms with Crippen LogP contribution in [0.3, 0.4) is 0 Å². The van der Waals surface area contributed by atoms with Crippen LogP contribution >= 0.6 is 11.6 Å². The van der Waals surface area contributed by atoms with Crippen LogP contribution in [0.5, 0.6) is 5.75 Å². The van der Waals surface area contributed by atoms with Gasteiger partial charge in [0.05, 0.1) is 6.54 Å². The topological polar surface area (TPSA) is 77.2 Å². The van der Waals surface area contributed by atoms with Crippen LogP contribution in [0.2, 0.25) is 5.15 Å². The number of rotatable bonds is 9. The number of aliphatic carboxylic acids is 1. The van der Waals surface area contributed by atoms with Gasteiger partial charge in [0.2, 0.25) is 0 Å². The molecule has 3 rings (SSSR count). The summed E-state index contributed by atoms with van der Waals surface area (Å²) < 4.78 is 8.09. The number of aromatic nitrogens is 3. The zero-order chi connectivity index (χ0) is 21.5. The number of nitrogens with zero attached hydrogens (tertiary/aromatic N) is 3. The van der Waals surface area contributed by atoms with Gasteiger partial charge in [0.15, 0.2) is 0 Å². The zero-order valence-electron chi connectivity index (χ0n) is 17.0. The van der Waals surface area contributed by atoms with E-state index >= 15 is 0 Å². The van der Waals surface area contributed by atoms with Gasteiger partial charge in [-0.1, -0.05) is 35.4 Å². The molecule has 3 aromatic rings. The molecular weight excluding hydrogens is 402 g/mol. The molecule has 30 heavy (non-hydrogen) atoms. The Kier molecular flexibility index (Phi) is 7.25. The maximum absolute atomic E-state index is 10.7. The summed E-state index contributed by atoms with van der Waals surface area (Å²) in [7, 11) is 0. The number of hydrogen-bond donors (Lipinski definition) is 1. The second-order valence-electron chi connectivity index (χ2n) is 7.04. The maximum Gasteiger partial charge on any atom is 0.303 e. The van der Waals surface area contributed by atoms with Crippen LogP contribution in [0, 0.1) is 6.92 Å². The first-order valence-corrected chi connectivity index (χ1v) is 10.0. The number of aryl methyl sites for hydroxylation is 1. The van der Waals surface area contributed by atoms with Crippen molar-refractivity contribution in [2.24, 2.45) is 0 Å². The Hall–Kier alpha value is -3.12. The van der Waals surface area contributed by atoms with Crippen molar-refractivity contribution in [1.82, 2.24) is 14.5 Å². The molecule has 0 fully saturated rings. The van der Waals surface area contributed by atoms with Crippen LogP contribution in [0.4, 0.5) is 0 Å². The van der Waals surface area contributed by atoms with E-state index in [0.29, 0.717) is 24.7 Å². The number of allylic oxidation sites excluding steroid dienone is 1. The summed E-state index contributed by atoms with van der Waals surface area (Å²) in [5, 5.41) is 9.23. The second kappa shape index (κ2) is 10.1. The summed E-state index contributed by atoms with van der Waals surface area (Å²) in [6.07, 6.45) is 6.12. The van der Waals surface area contributed by atoms with Crippen LogP contribution in [0.25, 0.3) is 11.4 Å². The number of benzene rings is 1. The zero-order valence-corrected chi connectivity index (χ0v) is 17.8. The third-order valence-electron chi connectivity index (χ3n) is 4.75. The van der Waals surface area contributed by atoms with Crippen molar-refractivity contribution in [3.05, 3.63) is 76.9 Å². The van der Waals surface area contributed by atoms with E-state index in [4.69, 9.17) is 21.4 Å². The molecule has 0 atom stereocenters. The lowest BCUT2D eigenvalue weighted by Gasteiger charge is -2.14. The SMILES string of the molecule is C/C(=C\COc1ccccc1Cn1c(C)cnc1-c1ccc(Cl)nc1)CCC(=O)O. The van der Waals surface area contributed by atoms with Crippen LogP contribution in [-0.2, 0) is 11.3 Å². The first-order valence-electron chi connectivity index (χ1n) is 9.66. The van der Waals surface area contributed by atoms with E-state index in [-0.39, 0.29) is 6.42 Å². The largest absolute Gasteiger partial charge is 0.489 e. The van der Waals surface area contributed by atoms with Crippen LogP contribution in [0.15, 0.2) is 60.4 Å². The number of carboxylic acid groups (broad SMARTS) is 1. The number of imidazole rings is 1. The third kappa shape index (κ3) is 5.70. The monoisotopic (exact) mass is 425 g/mol. The van der Waals surface area contributed by atoms with E-state index in [1.165, 1.54) is 0 Å². The summed E-state index contributed by atoms with van der Waals surface area (Å²) >= 11 is 5.91. The molecule has 2 heterocycles. The maximum atomic E-state index is 10.7. The van der Waals surface area contributed by atoms with E-state index in [1.54, 1.807) is 12.3 Å². The fourth-order valence-electron chi connectivity index (χ4n) is 3.02. The lowest BCUT2D eigenvalue weighted by Crippen LogP contribution is -2.07. The first kappa shape index (κ1) is 21.6. The molecule has 0 unspecified atom stereocenters. The van der Waals surface area contributed by atoms with Gasteiger partial charge in [-0.15, -0.1) is 0 Å². The quantitative estimate of drug-likeness (QED) is 0.379. The van der Waals surface area contributed by atoms with Gasteiger partial charge in [-0.25, -0.2) is 9.97 Å². The molecule has 0 radical (unpaired) electrons. The molecule has 0 amide bonds. The van der Waals surface area contributed by atoms with Gasteiger partial charge in [0.1, 0.15) is 23.3 Å². The average molecular weight is 426 g/mol. The lowest BCUT2D eigenvalue weighted by atomic mass is 10.1. The predicted octanol–water partition coefficient (Wildman–Crippen LogP) is 5.15. The molecule has 0 aliphatic rings. The standard InChI is InChI=1S/C23H24ClN3O3/c1-16(7-10-22(28)29)11-12-30-20-6-4-3-5-19(20)15-27-17(2)13-26-23(27)18-8-9-21(24)25-14-18/h3-6,8-9,11,13-14H,7,10,12,15H2,1-2H3,(H,28,29)/b16-11+. The lowest BCUT2D eigenvalue weighted by molar-refractivity contribution is -0.136. The minimum absolute atomic E-state index is 0.126. The highest BCUT2D eigenvalue weighted by molar-refractivity contribution is 6.29. The summed E-state index contributed by atoms with van der Waals surface area (Å²) in [4.78, 5) is 19.4. The fourth-order valence-corrected chi connectivity index (χ4v) is 3.14. The Bertz CT molecular complexity index is 1040. The van der Waals surface area contributed by atoms with Crippen molar-refractivity contribution in [1.29, 1.82) is 0 Å². The highest BCUT2D eigenvalue weighted by Gasteiger charge is 2.12. The number of halogens is 1. The van der Waals surface area contributed by atoms with Gasteiger partial charge in [-0.3, -0.25) is 4.79 Å². The number of pyridine rings is 1. The minimum atomic E-state index is -0.795. The van der Waals surface area contributed by atoms with Gasteiger partial charge >= 0.3 is 5.97 Å². The molecule has 156 valence electrons. The van der Waals surface area contributed by atoms with Crippen molar-refractivity contribution < 1.29 is 14.6 Å². The Morgan fingerprint density at radius 2 is 1.97 bits per heavy atom. The molecular formula is C23H24ClN3O3. The fraction of sp³-hybridized carbons (Fsp3) is 0.261. The molecule has 0 aliphatic carbocycles. The summed E-state index contributed by atoms with van der Waals surface area (Å²) in [6, 6.07) is 11.5. The van der Waals surface area contributed by atoms with Crippen LogP contribution < -0.4 is 4.74 Å². The molecule has 1 N–H and O–H groups in total. The molecule has 0 aliphatic heterocycles. The predicted molar refractivity (Wildman–Crippen MR) is 117 cm³/mol. The molecule has 7 heteroatoms. The Morgan fingerprint density at radius 3 is 2.70 bits per heavy atom. The molecule has 2 aromatic heterocycles. The van der Waals surface area contributed by atoms with Gasteiger partial charge in [0.25, 0.3) is 0 Å². The number of carbonyl (C=O) groups is 1. The van der Waals surface area contributed by atoms with Gasteiger partial charge in [-0.2, -0.15) is 0 Å². The average Bonchev–Trinajstić information content (AvgIpc) is 3.08. The molecule has 0 spiro atoms. The summed E-state index contributed by atoms with van der Waals surface area (Å²) in [5.41, 5.74) is 3.94.